The van der Waals surface area contributed by atoms with Crippen molar-refractivity contribution < 1.29 is 19.1 Å². The molecule has 3 rings (SSSR count). The number of nitrogens with zero attached hydrogens (tertiary/aromatic N) is 2. The Kier molecular flexibility index (Phi) is 8.42. The number of nitrogens with one attached hydrogen (secondary N) is 1. The number of amides is 2. The molecule has 7 nitrogen and oxygen atoms in total. The van der Waals surface area contributed by atoms with Gasteiger partial charge in [-0.05, 0) is 54.1 Å². The molecule has 2 amide bonds. The van der Waals surface area contributed by atoms with Crippen LogP contribution in [0.3, 0.4) is 0 Å². The predicted molar refractivity (Wildman–Crippen MR) is 130 cm³/mol. The molecule has 0 unspecified atom stereocenters. The number of carbonyl (C=O) groups is 2. The zero-order valence-electron chi connectivity index (χ0n) is 18.9. The molecule has 0 saturated carbocycles. The van der Waals surface area contributed by atoms with Crippen molar-refractivity contribution in [2.24, 2.45) is 0 Å². The molecule has 3 aromatic carbocycles. The van der Waals surface area contributed by atoms with Crippen molar-refractivity contribution in [2.45, 2.75) is 6.54 Å². The second kappa shape index (κ2) is 11.9. The third-order valence-electron chi connectivity index (χ3n) is 4.92. The zero-order chi connectivity index (χ0) is 24.3. The van der Waals surface area contributed by atoms with Gasteiger partial charge in [0.05, 0.1) is 18.7 Å². The van der Waals surface area contributed by atoms with E-state index >= 15 is 0 Å². The fourth-order valence-electron chi connectivity index (χ4n) is 3.20. The van der Waals surface area contributed by atoms with E-state index in [2.05, 4.69) is 18.0 Å². The average Bonchev–Trinajstić information content (AvgIpc) is 2.87. The molecule has 0 aromatic heterocycles. The number of methoxy groups -OCH3 is 1. The smallest absolute Gasteiger partial charge is 0.262 e. The van der Waals surface area contributed by atoms with Gasteiger partial charge in [0.15, 0.2) is 6.61 Å². The maximum absolute atomic E-state index is 13.0. The standard InChI is InChI=1S/C27H25N3O4/c1-3-15-30(18-21-9-7-20(17-28)8-10-21)27(32)22-11-13-24(14-12-22)34-19-26(31)29-23-5-4-6-25(16-23)33-2/h3-14,16H,1,15,18-19H2,2H3,(H,29,31). The molecule has 0 aliphatic rings. The number of anilines is 1. The van der Waals surface area contributed by atoms with E-state index < -0.39 is 0 Å². The second-order valence-corrected chi connectivity index (χ2v) is 7.38. The van der Waals surface area contributed by atoms with Crippen molar-refractivity contribution in [3.63, 3.8) is 0 Å². The molecule has 0 saturated heterocycles. The van der Waals surface area contributed by atoms with E-state index in [1.54, 1.807) is 78.7 Å². The normalized spacial score (nSPS) is 10.0. The van der Waals surface area contributed by atoms with Gasteiger partial charge in [-0.15, -0.1) is 6.58 Å². The van der Waals surface area contributed by atoms with Crippen molar-refractivity contribution in [1.29, 1.82) is 5.26 Å². The van der Waals surface area contributed by atoms with Crippen LogP contribution in [0.5, 0.6) is 11.5 Å². The molecule has 3 aromatic rings. The highest BCUT2D eigenvalue weighted by atomic mass is 16.5. The van der Waals surface area contributed by atoms with E-state index in [4.69, 9.17) is 14.7 Å². The lowest BCUT2D eigenvalue weighted by atomic mass is 10.1. The molecule has 34 heavy (non-hydrogen) atoms. The van der Waals surface area contributed by atoms with Crippen LogP contribution in [0.25, 0.3) is 0 Å². The second-order valence-electron chi connectivity index (χ2n) is 7.38. The molecule has 0 aliphatic heterocycles. The monoisotopic (exact) mass is 455 g/mol. The first kappa shape index (κ1) is 24.1. The maximum Gasteiger partial charge on any atom is 0.262 e. The summed E-state index contributed by atoms with van der Waals surface area (Å²) >= 11 is 0. The van der Waals surface area contributed by atoms with Gasteiger partial charge in [0, 0.05) is 30.4 Å². The number of nitriles is 1. The van der Waals surface area contributed by atoms with Crippen LogP contribution in [0.15, 0.2) is 85.5 Å². The summed E-state index contributed by atoms with van der Waals surface area (Å²) in [5.41, 5.74) is 2.58. The van der Waals surface area contributed by atoms with E-state index in [-0.39, 0.29) is 18.4 Å². The molecule has 7 heteroatoms. The number of benzene rings is 3. The van der Waals surface area contributed by atoms with Crippen LogP contribution in [0, 0.1) is 11.3 Å². The molecule has 0 radical (unpaired) electrons. The van der Waals surface area contributed by atoms with Gasteiger partial charge in [-0.1, -0.05) is 24.3 Å². The first-order valence-electron chi connectivity index (χ1n) is 10.6. The van der Waals surface area contributed by atoms with Crippen LogP contribution in [-0.2, 0) is 11.3 Å². The van der Waals surface area contributed by atoms with Crippen molar-refractivity contribution in [3.8, 4) is 17.6 Å². The topological polar surface area (TPSA) is 91.7 Å². The van der Waals surface area contributed by atoms with Gasteiger partial charge in [-0.3, -0.25) is 9.59 Å². The number of rotatable bonds is 10. The Morgan fingerprint density at radius 1 is 1.06 bits per heavy atom. The minimum Gasteiger partial charge on any atom is -0.497 e. The SMILES string of the molecule is C=CCN(Cc1ccc(C#N)cc1)C(=O)c1ccc(OCC(=O)Nc2cccc(OC)c2)cc1. The summed E-state index contributed by atoms with van der Waals surface area (Å²) in [6, 6.07) is 22.9. The summed E-state index contributed by atoms with van der Waals surface area (Å²) in [7, 11) is 1.56. The highest BCUT2D eigenvalue weighted by Crippen LogP contribution is 2.18. The first-order chi connectivity index (χ1) is 16.5. The highest BCUT2D eigenvalue weighted by Gasteiger charge is 2.15. The Bertz CT molecular complexity index is 1180. The van der Waals surface area contributed by atoms with Crippen molar-refractivity contribution in [3.05, 3.63) is 102 Å². The van der Waals surface area contributed by atoms with E-state index in [1.165, 1.54) is 0 Å². The molecule has 0 atom stereocenters. The Hall–Kier alpha value is -4.57. The van der Waals surface area contributed by atoms with Gasteiger partial charge in [-0.2, -0.15) is 5.26 Å². The third kappa shape index (κ3) is 6.71. The van der Waals surface area contributed by atoms with E-state index in [0.29, 0.717) is 41.4 Å². The molecule has 0 bridgehead atoms. The fourth-order valence-corrected chi connectivity index (χ4v) is 3.20. The first-order valence-corrected chi connectivity index (χ1v) is 10.6. The lowest BCUT2D eigenvalue weighted by molar-refractivity contribution is -0.118. The van der Waals surface area contributed by atoms with Crippen LogP contribution < -0.4 is 14.8 Å². The predicted octanol–water partition coefficient (Wildman–Crippen LogP) is 4.41. The van der Waals surface area contributed by atoms with Gasteiger partial charge in [0.2, 0.25) is 0 Å². The summed E-state index contributed by atoms with van der Waals surface area (Å²) in [4.78, 5) is 26.8. The van der Waals surface area contributed by atoms with Crippen LogP contribution in [-0.4, -0.2) is 37.0 Å². The van der Waals surface area contributed by atoms with Crippen molar-refractivity contribution in [2.75, 3.05) is 25.6 Å². The molecule has 0 aliphatic carbocycles. The largest absolute Gasteiger partial charge is 0.497 e. The van der Waals surface area contributed by atoms with Crippen molar-refractivity contribution in [1.82, 2.24) is 4.90 Å². The van der Waals surface area contributed by atoms with E-state index in [0.717, 1.165) is 5.56 Å². The number of hydrogen-bond acceptors (Lipinski definition) is 5. The minimum atomic E-state index is -0.312. The molecule has 0 fully saturated rings. The number of hydrogen-bond donors (Lipinski definition) is 1. The molecule has 0 heterocycles. The molecule has 172 valence electrons. The van der Waals surface area contributed by atoms with Crippen LogP contribution in [0.4, 0.5) is 5.69 Å². The zero-order valence-corrected chi connectivity index (χ0v) is 18.9. The summed E-state index contributed by atoms with van der Waals surface area (Å²) in [5.74, 6) is 0.642. The maximum atomic E-state index is 13.0. The molecule has 1 N–H and O–H groups in total. The van der Waals surface area contributed by atoms with Crippen molar-refractivity contribution >= 4 is 17.5 Å². The lowest BCUT2D eigenvalue weighted by Gasteiger charge is -2.21. The molecular weight excluding hydrogens is 430 g/mol. The summed E-state index contributed by atoms with van der Waals surface area (Å²) in [6.07, 6.45) is 1.67. The Labute approximate surface area is 198 Å². The number of ether oxygens (including phenoxy) is 2. The van der Waals surface area contributed by atoms with Gasteiger partial charge < -0.3 is 19.7 Å². The van der Waals surface area contributed by atoms with Crippen LogP contribution in [0.1, 0.15) is 21.5 Å². The van der Waals surface area contributed by atoms with Gasteiger partial charge >= 0.3 is 0 Å². The highest BCUT2D eigenvalue weighted by molar-refractivity contribution is 5.94. The van der Waals surface area contributed by atoms with E-state index in [1.807, 2.05) is 12.1 Å². The van der Waals surface area contributed by atoms with Crippen LogP contribution >= 0.6 is 0 Å². The third-order valence-corrected chi connectivity index (χ3v) is 4.92. The van der Waals surface area contributed by atoms with E-state index in [9.17, 15) is 9.59 Å². The molecular formula is C27H25N3O4. The van der Waals surface area contributed by atoms with Gasteiger partial charge in [0.25, 0.3) is 11.8 Å². The Morgan fingerprint density at radius 2 is 1.79 bits per heavy atom. The van der Waals surface area contributed by atoms with Gasteiger partial charge in [-0.25, -0.2) is 0 Å². The summed E-state index contributed by atoms with van der Waals surface area (Å²) in [6.45, 7) is 4.33. The Balaban J connectivity index is 1.57. The molecule has 0 spiro atoms. The lowest BCUT2D eigenvalue weighted by Crippen LogP contribution is -2.30. The average molecular weight is 456 g/mol. The fraction of sp³-hybridized carbons (Fsp3) is 0.148. The summed E-state index contributed by atoms with van der Waals surface area (Å²) in [5, 5.41) is 11.7. The quantitative estimate of drug-likeness (QED) is 0.457. The minimum absolute atomic E-state index is 0.161. The van der Waals surface area contributed by atoms with Crippen LogP contribution in [0.2, 0.25) is 0 Å². The summed E-state index contributed by atoms with van der Waals surface area (Å²) < 4.78 is 10.7. The number of carbonyl (C=O) groups excluding carboxylic acids is 2. The van der Waals surface area contributed by atoms with Gasteiger partial charge in [0.1, 0.15) is 11.5 Å². The Morgan fingerprint density at radius 3 is 2.44 bits per heavy atom.